The first-order valence-corrected chi connectivity index (χ1v) is 28.1. The Morgan fingerprint density at radius 3 is 0.928 bits per heavy atom. The number of nitrogens with zero attached hydrogens (tertiary/aromatic N) is 3. The van der Waals surface area contributed by atoms with E-state index in [1.807, 2.05) is 0 Å². The Labute approximate surface area is 480 Å². The Kier molecular flexibility index (Phi) is 26.3. The molecule has 6 rings (SSSR count). The van der Waals surface area contributed by atoms with Gasteiger partial charge in [-0.3, -0.25) is 67.3 Å². The summed E-state index contributed by atoms with van der Waals surface area (Å²) < 4.78 is 18.1. The molecule has 25 heteroatoms. The number of rotatable bonds is 42. The highest BCUT2D eigenvalue weighted by atomic mass is 16.7. The molecule has 3 aromatic rings. The average molecular weight is 1160 g/mol. The number of nitrogens with one attached hydrogen (secondary N) is 4. The second-order valence-corrected chi connectivity index (χ2v) is 19.9. The predicted octanol–water partition coefficient (Wildman–Crippen LogP) is 4.25. The van der Waals surface area contributed by atoms with E-state index in [0.29, 0.717) is 28.0 Å². The second-order valence-electron chi connectivity index (χ2n) is 19.9. The lowest BCUT2D eigenvalue weighted by Crippen LogP contribution is -2.58. The third kappa shape index (κ3) is 20.0. The number of fused-ring (bicyclic) bond motifs is 3. The van der Waals surface area contributed by atoms with E-state index in [1.54, 1.807) is 36.4 Å². The van der Waals surface area contributed by atoms with Crippen molar-refractivity contribution in [1.29, 1.82) is 0 Å². The average Bonchev–Trinajstić information content (AvgIpc) is 3.27. The molecule has 0 atom stereocenters. The monoisotopic (exact) mass is 1160 g/mol. The maximum atomic E-state index is 13.7. The van der Waals surface area contributed by atoms with Gasteiger partial charge in [-0.25, -0.2) is 0 Å². The molecule has 0 radical (unpaired) electrons. The van der Waals surface area contributed by atoms with Crippen LogP contribution in [-0.2, 0) is 52.7 Å². The van der Waals surface area contributed by atoms with Gasteiger partial charge in [-0.1, -0.05) is 74.9 Å². The SMILES string of the molecule is O=C(O)CCCCCCCCCCC(=O)NC(COCCC(=O)NCCCON1C(=O)c2ccccc2C1=O)(COCCC(=O)NCCCON1C(=O)c2ccccc2C1=O)COCCC(=O)NCCCON1C(=O)c2ccccc2C1=O. The van der Waals surface area contributed by atoms with E-state index in [4.69, 9.17) is 33.8 Å². The number of aliphatic carboxylic acids is 1. The second kappa shape index (κ2) is 34.0. The molecule has 5 N–H and O–H groups in total. The Morgan fingerprint density at radius 1 is 0.361 bits per heavy atom. The van der Waals surface area contributed by atoms with Gasteiger partial charge in [-0.05, 0) is 68.5 Å². The molecule has 0 aliphatic carbocycles. The van der Waals surface area contributed by atoms with Crippen LogP contribution in [0.2, 0.25) is 0 Å². The van der Waals surface area contributed by atoms with E-state index >= 15 is 0 Å². The summed E-state index contributed by atoms with van der Waals surface area (Å²) in [4.78, 5) is 155. The number of carbonyl (C=O) groups is 11. The summed E-state index contributed by atoms with van der Waals surface area (Å²) in [6.07, 6.45) is 7.25. The van der Waals surface area contributed by atoms with Crippen LogP contribution in [0.3, 0.4) is 0 Å². The molecular formula is C58H73N7O18. The van der Waals surface area contributed by atoms with Gasteiger partial charge in [0.15, 0.2) is 0 Å². The topological polar surface area (TPSA) is 321 Å². The van der Waals surface area contributed by atoms with Gasteiger partial charge in [0.25, 0.3) is 35.4 Å². The van der Waals surface area contributed by atoms with Crippen molar-refractivity contribution >= 4 is 65.0 Å². The van der Waals surface area contributed by atoms with Crippen molar-refractivity contribution in [2.24, 2.45) is 0 Å². The first-order valence-electron chi connectivity index (χ1n) is 28.1. The summed E-state index contributed by atoms with van der Waals surface area (Å²) in [5.74, 6) is -5.71. The molecule has 3 heterocycles. The predicted molar refractivity (Wildman–Crippen MR) is 293 cm³/mol. The maximum absolute atomic E-state index is 13.7. The van der Waals surface area contributed by atoms with Crippen molar-refractivity contribution in [2.45, 2.75) is 108 Å². The summed E-state index contributed by atoms with van der Waals surface area (Å²) in [7, 11) is 0. The van der Waals surface area contributed by atoms with Crippen LogP contribution in [0.25, 0.3) is 0 Å². The molecule has 3 aromatic carbocycles. The number of hydrogen-bond donors (Lipinski definition) is 5. The van der Waals surface area contributed by atoms with Crippen LogP contribution in [0.4, 0.5) is 0 Å². The number of carbonyl (C=O) groups excluding carboxylic acids is 10. The highest BCUT2D eigenvalue weighted by molar-refractivity contribution is 6.21. The highest BCUT2D eigenvalue weighted by Gasteiger charge is 2.39. The van der Waals surface area contributed by atoms with Crippen molar-refractivity contribution in [3.05, 3.63) is 106 Å². The first kappa shape index (κ1) is 64.4. The van der Waals surface area contributed by atoms with E-state index in [9.17, 15) is 52.7 Å². The number of benzene rings is 3. The van der Waals surface area contributed by atoms with Gasteiger partial charge in [0, 0.05) is 51.7 Å². The molecule has 0 spiro atoms. The molecule has 25 nitrogen and oxygen atoms in total. The third-order valence-corrected chi connectivity index (χ3v) is 13.4. The Morgan fingerprint density at radius 2 is 0.639 bits per heavy atom. The van der Waals surface area contributed by atoms with E-state index in [2.05, 4.69) is 21.3 Å². The number of ether oxygens (including phenoxy) is 3. The number of hydroxylamine groups is 6. The molecule has 0 unspecified atom stereocenters. The van der Waals surface area contributed by atoms with Crippen LogP contribution >= 0.6 is 0 Å². The minimum absolute atomic E-state index is 0.0315. The third-order valence-electron chi connectivity index (χ3n) is 13.4. The Balaban J connectivity index is 0.979. The zero-order valence-electron chi connectivity index (χ0n) is 46.5. The molecule has 448 valence electrons. The van der Waals surface area contributed by atoms with Crippen molar-refractivity contribution < 1.29 is 86.6 Å². The highest BCUT2D eigenvalue weighted by Crippen LogP contribution is 2.25. The minimum Gasteiger partial charge on any atom is -0.481 e. The lowest BCUT2D eigenvalue weighted by atomic mass is 10.0. The summed E-state index contributed by atoms with van der Waals surface area (Å²) in [5.41, 5.74) is 0.0673. The Hall–Kier alpha value is -7.81. The number of carboxylic acids is 1. The number of imide groups is 3. The molecule has 83 heavy (non-hydrogen) atoms. The van der Waals surface area contributed by atoms with Crippen LogP contribution in [0.5, 0.6) is 0 Å². The zero-order chi connectivity index (χ0) is 59.4. The van der Waals surface area contributed by atoms with Crippen molar-refractivity contribution in [2.75, 3.05) is 79.1 Å². The fraction of sp³-hybridized carbons (Fsp3) is 0.500. The van der Waals surface area contributed by atoms with Gasteiger partial charge in [-0.2, -0.15) is 0 Å². The van der Waals surface area contributed by atoms with Crippen LogP contribution in [0.15, 0.2) is 72.8 Å². The van der Waals surface area contributed by atoms with E-state index in [0.717, 1.165) is 38.5 Å². The van der Waals surface area contributed by atoms with Crippen LogP contribution < -0.4 is 21.3 Å². The molecule has 3 aliphatic rings. The number of carboxylic acid groups (broad SMARTS) is 1. The van der Waals surface area contributed by atoms with Crippen LogP contribution in [0, 0.1) is 0 Å². The number of amides is 10. The van der Waals surface area contributed by atoms with Gasteiger partial charge in [-0.15, -0.1) is 15.2 Å². The normalized spacial score (nSPS) is 13.6. The number of hydrogen-bond acceptors (Lipinski definition) is 17. The molecule has 0 aromatic heterocycles. The van der Waals surface area contributed by atoms with E-state index < -0.39 is 47.0 Å². The molecule has 0 fully saturated rings. The van der Waals surface area contributed by atoms with Crippen LogP contribution in [-0.4, -0.2) is 170 Å². The fourth-order valence-corrected chi connectivity index (χ4v) is 9.00. The molecule has 0 bridgehead atoms. The van der Waals surface area contributed by atoms with Crippen molar-refractivity contribution in [3.63, 3.8) is 0 Å². The summed E-state index contributed by atoms with van der Waals surface area (Å²) in [6, 6.07) is 19.1. The van der Waals surface area contributed by atoms with Gasteiger partial charge in [0.05, 0.1) is 92.8 Å². The maximum Gasteiger partial charge on any atom is 0.303 e. The van der Waals surface area contributed by atoms with Gasteiger partial charge >= 0.3 is 5.97 Å². The zero-order valence-corrected chi connectivity index (χ0v) is 46.5. The van der Waals surface area contributed by atoms with Gasteiger partial charge in [0.1, 0.15) is 5.54 Å². The van der Waals surface area contributed by atoms with Crippen molar-refractivity contribution in [1.82, 2.24) is 36.5 Å². The number of unbranched alkanes of at least 4 members (excludes halogenated alkanes) is 7. The van der Waals surface area contributed by atoms with Crippen molar-refractivity contribution in [3.8, 4) is 0 Å². The van der Waals surface area contributed by atoms with E-state index in [-0.39, 0.29) is 187 Å². The largest absolute Gasteiger partial charge is 0.481 e. The van der Waals surface area contributed by atoms with Gasteiger partial charge in [0.2, 0.25) is 23.6 Å². The fourth-order valence-electron chi connectivity index (χ4n) is 9.00. The molecular weight excluding hydrogens is 1080 g/mol. The summed E-state index contributed by atoms with van der Waals surface area (Å²) in [5, 5.41) is 22.2. The van der Waals surface area contributed by atoms with Gasteiger partial charge < -0.3 is 40.6 Å². The standard InChI is InChI=1S/C58H73N7O18/c66-47(59-29-15-32-81-63-52(72)41-18-9-10-19-42(41)53(63)73)26-35-78-38-58(62-50(69)24-7-5-3-1-2-4-6-8-25-51(70)71,39-79-36-27-48(67)60-30-16-33-82-64-54(74)43-20-11-12-21-44(43)55(64)75)40-80-37-28-49(68)61-31-17-34-83-65-56(76)45-22-13-14-23-46(45)57(65)77/h9-14,18-23H,1-8,15-17,24-40H2,(H,59,66)(H,60,67)(H,61,68)(H,62,69)(H,70,71). The quantitative estimate of drug-likeness (QED) is 0.0391. The summed E-state index contributed by atoms with van der Waals surface area (Å²) in [6.45, 7) is -0.609. The molecule has 0 saturated carbocycles. The lowest BCUT2D eigenvalue weighted by molar-refractivity contribution is -0.137. The first-order chi connectivity index (χ1) is 40.2. The summed E-state index contributed by atoms with van der Waals surface area (Å²) >= 11 is 0. The molecule has 3 aliphatic heterocycles. The molecule has 10 amide bonds. The van der Waals surface area contributed by atoms with Crippen LogP contribution in [0.1, 0.15) is 165 Å². The molecule has 0 saturated heterocycles. The lowest BCUT2D eigenvalue weighted by Gasteiger charge is -2.34. The minimum atomic E-state index is -1.39. The smallest absolute Gasteiger partial charge is 0.303 e. The Bertz CT molecular complexity index is 2410. The van der Waals surface area contributed by atoms with E-state index in [1.165, 1.54) is 36.4 Å².